The number of hydrogen-bond acceptors (Lipinski definition) is 4. The molecule has 0 spiro atoms. The van der Waals surface area contributed by atoms with Crippen LogP contribution in [0.1, 0.15) is 35.4 Å². The van der Waals surface area contributed by atoms with Gasteiger partial charge < -0.3 is 10.0 Å². The number of carbonyl (C=O) groups is 1. The topological polar surface area (TPSA) is 84.1 Å². The number of nitrogens with zero attached hydrogens (tertiary/aromatic N) is 5. The van der Waals surface area contributed by atoms with Crippen LogP contribution >= 0.6 is 0 Å². The first-order valence-electron chi connectivity index (χ1n) is 9.44. The summed E-state index contributed by atoms with van der Waals surface area (Å²) in [4.78, 5) is 14.4. The van der Waals surface area contributed by atoms with E-state index in [4.69, 9.17) is 5.10 Å². The average molecular weight is 377 g/mol. The van der Waals surface area contributed by atoms with Gasteiger partial charge in [-0.3, -0.25) is 0 Å². The second kappa shape index (κ2) is 7.42. The minimum Gasteiger partial charge on any atom is -0.465 e. The summed E-state index contributed by atoms with van der Waals surface area (Å²) in [7, 11) is 0. The number of amides is 1. The van der Waals surface area contributed by atoms with Crippen LogP contribution in [0.5, 0.6) is 0 Å². The number of aromatic nitrogens is 4. The molecule has 1 aliphatic rings. The molecule has 2 heterocycles. The molecular weight excluding hydrogens is 354 g/mol. The minimum absolute atomic E-state index is 0.418. The quantitative estimate of drug-likeness (QED) is 0.755. The van der Waals surface area contributed by atoms with Gasteiger partial charge in [-0.05, 0) is 36.1 Å². The van der Waals surface area contributed by atoms with Crippen LogP contribution in [0.4, 0.5) is 4.79 Å². The second-order valence-electron chi connectivity index (χ2n) is 7.35. The largest absolute Gasteiger partial charge is 0.465 e. The molecule has 4 rings (SSSR count). The van der Waals surface area contributed by atoms with Crippen LogP contribution in [0.25, 0.3) is 0 Å². The van der Waals surface area contributed by atoms with Gasteiger partial charge in [-0.1, -0.05) is 60.2 Å². The van der Waals surface area contributed by atoms with E-state index in [9.17, 15) is 9.90 Å². The van der Waals surface area contributed by atoms with E-state index in [0.29, 0.717) is 38.3 Å². The van der Waals surface area contributed by atoms with E-state index in [1.165, 1.54) is 10.5 Å². The van der Waals surface area contributed by atoms with Crippen LogP contribution in [0.2, 0.25) is 0 Å². The third-order valence-corrected chi connectivity index (χ3v) is 5.54. The minimum atomic E-state index is -0.877. The van der Waals surface area contributed by atoms with Crippen LogP contribution in [0.15, 0.2) is 54.6 Å². The Morgan fingerprint density at radius 2 is 1.75 bits per heavy atom. The zero-order valence-corrected chi connectivity index (χ0v) is 15.8. The molecule has 0 aliphatic carbocycles. The number of hydrogen-bond donors (Lipinski definition) is 1. The van der Waals surface area contributed by atoms with Crippen molar-refractivity contribution in [2.45, 2.75) is 31.7 Å². The van der Waals surface area contributed by atoms with Crippen molar-refractivity contribution in [1.82, 2.24) is 25.1 Å². The van der Waals surface area contributed by atoms with E-state index in [-0.39, 0.29) is 0 Å². The molecule has 28 heavy (non-hydrogen) atoms. The smallest absolute Gasteiger partial charge is 0.407 e. The zero-order chi connectivity index (χ0) is 19.6. The summed E-state index contributed by atoms with van der Waals surface area (Å²) in [5.41, 5.74) is 3.02. The van der Waals surface area contributed by atoms with Gasteiger partial charge in [0.05, 0.1) is 12.0 Å². The maximum absolute atomic E-state index is 11.3. The van der Waals surface area contributed by atoms with Gasteiger partial charge in [0.2, 0.25) is 0 Å². The monoisotopic (exact) mass is 377 g/mol. The Balaban J connectivity index is 1.63. The number of likely N-dealkylation sites (tertiary alicyclic amines) is 1. The molecule has 0 bridgehead atoms. The summed E-state index contributed by atoms with van der Waals surface area (Å²) < 4.78 is 0. The maximum Gasteiger partial charge on any atom is 0.407 e. The van der Waals surface area contributed by atoms with Crippen LogP contribution in [0.3, 0.4) is 0 Å². The molecule has 1 aliphatic heterocycles. The number of piperidine rings is 1. The molecule has 0 atom stereocenters. The van der Waals surface area contributed by atoms with Gasteiger partial charge in [0.25, 0.3) is 0 Å². The Bertz CT molecular complexity index is 944. The van der Waals surface area contributed by atoms with Gasteiger partial charge in [-0.15, -0.1) is 10.2 Å². The van der Waals surface area contributed by atoms with Crippen molar-refractivity contribution >= 4 is 6.09 Å². The van der Waals surface area contributed by atoms with Crippen LogP contribution < -0.4 is 0 Å². The molecule has 2 aromatic carbocycles. The lowest BCUT2D eigenvalue weighted by molar-refractivity contribution is 0.121. The van der Waals surface area contributed by atoms with Gasteiger partial charge in [0.1, 0.15) is 0 Å². The summed E-state index contributed by atoms with van der Waals surface area (Å²) in [6, 6.07) is 18.4. The predicted molar refractivity (Wildman–Crippen MR) is 104 cm³/mol. The van der Waals surface area contributed by atoms with Gasteiger partial charge >= 0.3 is 6.09 Å². The van der Waals surface area contributed by atoms with Crippen molar-refractivity contribution in [2.75, 3.05) is 13.1 Å². The maximum atomic E-state index is 11.3. The zero-order valence-electron chi connectivity index (χ0n) is 15.8. The first-order chi connectivity index (χ1) is 13.6. The summed E-state index contributed by atoms with van der Waals surface area (Å²) in [5.74, 6) is 0.663. The van der Waals surface area contributed by atoms with Gasteiger partial charge in [-0.2, -0.15) is 4.80 Å². The van der Waals surface area contributed by atoms with E-state index < -0.39 is 11.5 Å². The number of carboxylic acid groups (broad SMARTS) is 1. The molecule has 7 nitrogen and oxygen atoms in total. The lowest BCUT2D eigenvalue weighted by atomic mass is 9.72. The van der Waals surface area contributed by atoms with Crippen molar-refractivity contribution in [1.29, 1.82) is 0 Å². The fourth-order valence-electron chi connectivity index (χ4n) is 3.84. The molecule has 144 valence electrons. The molecule has 1 saturated heterocycles. The van der Waals surface area contributed by atoms with Crippen molar-refractivity contribution in [3.8, 4) is 0 Å². The molecule has 3 aromatic rings. The Kier molecular flexibility index (Phi) is 4.81. The predicted octanol–water partition coefficient (Wildman–Crippen LogP) is 3.09. The fraction of sp³-hybridized carbons (Fsp3) is 0.333. The van der Waals surface area contributed by atoms with Gasteiger partial charge in [-0.25, -0.2) is 4.79 Å². The van der Waals surface area contributed by atoms with Crippen molar-refractivity contribution in [3.05, 3.63) is 77.1 Å². The summed E-state index contributed by atoms with van der Waals surface area (Å²) in [6.45, 7) is 3.52. The summed E-state index contributed by atoms with van der Waals surface area (Å²) in [6.07, 6.45) is 0.400. The lowest BCUT2D eigenvalue weighted by Crippen LogP contribution is -2.45. The summed E-state index contributed by atoms with van der Waals surface area (Å²) in [5, 5.41) is 22.7. The number of aryl methyl sites for hydroxylation is 1. The third kappa shape index (κ3) is 3.47. The molecule has 1 amide bonds. The normalized spacial score (nSPS) is 16.1. The van der Waals surface area contributed by atoms with Crippen LogP contribution in [-0.4, -0.2) is 49.4 Å². The van der Waals surface area contributed by atoms with E-state index in [2.05, 4.69) is 53.6 Å². The van der Waals surface area contributed by atoms with Gasteiger partial charge in [0, 0.05) is 13.1 Å². The molecular formula is C21H23N5O2. The highest BCUT2D eigenvalue weighted by atomic mass is 16.4. The first kappa shape index (κ1) is 18.2. The van der Waals surface area contributed by atoms with Crippen molar-refractivity contribution in [3.63, 3.8) is 0 Å². The molecule has 0 unspecified atom stereocenters. The molecule has 1 aromatic heterocycles. The van der Waals surface area contributed by atoms with E-state index >= 15 is 0 Å². The lowest BCUT2D eigenvalue weighted by Gasteiger charge is -2.39. The highest BCUT2D eigenvalue weighted by molar-refractivity contribution is 5.65. The van der Waals surface area contributed by atoms with Crippen LogP contribution in [0, 0.1) is 6.92 Å². The van der Waals surface area contributed by atoms with Gasteiger partial charge in [0.15, 0.2) is 5.82 Å². The van der Waals surface area contributed by atoms with Crippen LogP contribution in [-0.2, 0) is 12.0 Å². The van der Waals surface area contributed by atoms with E-state index in [1.807, 2.05) is 18.2 Å². The summed E-state index contributed by atoms with van der Waals surface area (Å²) >= 11 is 0. The molecule has 0 saturated carbocycles. The third-order valence-electron chi connectivity index (χ3n) is 5.54. The van der Waals surface area contributed by atoms with E-state index in [1.54, 1.807) is 4.80 Å². The molecule has 1 N–H and O–H groups in total. The van der Waals surface area contributed by atoms with E-state index in [0.717, 1.165) is 11.1 Å². The highest BCUT2D eigenvalue weighted by Crippen LogP contribution is 2.39. The first-order valence-corrected chi connectivity index (χ1v) is 9.44. The second-order valence-corrected chi connectivity index (χ2v) is 7.35. The standard InChI is InChI=1S/C21H23N5O2/c1-16-7-9-17(10-8-16)15-26-23-19(22-24-26)21(18-5-3-2-4-6-18)11-13-25(14-12-21)20(27)28/h2-10H,11-15H2,1H3,(H,27,28). The Hall–Kier alpha value is -3.22. The number of rotatable bonds is 4. The highest BCUT2D eigenvalue weighted by Gasteiger charge is 2.42. The number of benzene rings is 2. The Morgan fingerprint density at radius 3 is 2.39 bits per heavy atom. The Labute approximate surface area is 163 Å². The fourth-order valence-corrected chi connectivity index (χ4v) is 3.84. The SMILES string of the molecule is Cc1ccc(Cn2nnc(C3(c4ccccc4)CCN(C(=O)O)CC3)n2)cc1. The average Bonchev–Trinajstić information content (AvgIpc) is 3.19. The number of tetrazole rings is 1. The molecule has 0 radical (unpaired) electrons. The van der Waals surface area contributed by atoms with Crippen molar-refractivity contribution in [2.24, 2.45) is 0 Å². The molecule has 1 fully saturated rings. The Morgan fingerprint density at radius 1 is 1.07 bits per heavy atom. The molecule has 7 heteroatoms. The van der Waals surface area contributed by atoms with Crippen molar-refractivity contribution < 1.29 is 9.90 Å².